The molecule has 1 fully saturated rings. The second-order valence-electron chi connectivity index (χ2n) is 7.68. The van der Waals surface area contributed by atoms with E-state index in [1.807, 2.05) is 65.4 Å². The molecule has 0 bridgehead atoms. The predicted octanol–water partition coefficient (Wildman–Crippen LogP) is 4.30. The summed E-state index contributed by atoms with van der Waals surface area (Å²) in [6.45, 7) is 6.65. The summed E-state index contributed by atoms with van der Waals surface area (Å²) in [5, 5.41) is 5.74. The van der Waals surface area contributed by atoms with E-state index in [-0.39, 0.29) is 6.04 Å². The number of likely N-dealkylation sites (tertiary alicyclic amines) is 1. The zero-order valence-corrected chi connectivity index (χ0v) is 17.2. The standard InChI is InChI=1S/C24H24N6O/c1-2-13-29-14-12-18(15-29)30-24-21(23(25)26-16-27-24)22(28-30)17-8-10-20(11-9-17)31-19-6-4-3-5-7-19/h2-11,16,18H,1,12-15H2,(H2,25,26,27). The molecule has 156 valence electrons. The molecule has 1 aliphatic heterocycles. The van der Waals surface area contributed by atoms with Crippen LogP contribution in [0.15, 0.2) is 73.6 Å². The molecule has 1 unspecified atom stereocenters. The highest BCUT2D eigenvalue weighted by molar-refractivity contribution is 5.98. The lowest BCUT2D eigenvalue weighted by molar-refractivity contribution is 0.353. The van der Waals surface area contributed by atoms with Gasteiger partial charge in [-0.05, 0) is 42.8 Å². The smallest absolute Gasteiger partial charge is 0.164 e. The molecule has 0 saturated carbocycles. The lowest BCUT2D eigenvalue weighted by atomic mass is 10.1. The van der Waals surface area contributed by atoms with Gasteiger partial charge in [0, 0.05) is 25.2 Å². The molecule has 1 saturated heterocycles. The van der Waals surface area contributed by atoms with Crippen LogP contribution >= 0.6 is 0 Å². The number of nitrogens with zero attached hydrogens (tertiary/aromatic N) is 5. The molecule has 31 heavy (non-hydrogen) atoms. The van der Waals surface area contributed by atoms with Gasteiger partial charge in [-0.15, -0.1) is 6.58 Å². The third-order valence-corrected chi connectivity index (χ3v) is 5.61. The van der Waals surface area contributed by atoms with Crippen molar-refractivity contribution in [1.82, 2.24) is 24.6 Å². The van der Waals surface area contributed by atoms with Crippen LogP contribution in [0.4, 0.5) is 5.82 Å². The van der Waals surface area contributed by atoms with Crippen molar-refractivity contribution in [1.29, 1.82) is 0 Å². The molecule has 0 spiro atoms. The van der Waals surface area contributed by atoms with Crippen molar-refractivity contribution in [2.24, 2.45) is 0 Å². The Kier molecular flexibility index (Phi) is 5.09. The van der Waals surface area contributed by atoms with Crippen molar-refractivity contribution in [3.63, 3.8) is 0 Å². The van der Waals surface area contributed by atoms with Crippen LogP contribution in [0, 0.1) is 0 Å². The monoisotopic (exact) mass is 412 g/mol. The highest BCUT2D eigenvalue weighted by Crippen LogP contribution is 2.34. The summed E-state index contributed by atoms with van der Waals surface area (Å²) in [6.07, 6.45) is 4.46. The van der Waals surface area contributed by atoms with Crippen molar-refractivity contribution in [2.75, 3.05) is 25.4 Å². The minimum absolute atomic E-state index is 0.242. The number of rotatable bonds is 6. The minimum atomic E-state index is 0.242. The normalized spacial score (nSPS) is 16.6. The van der Waals surface area contributed by atoms with Gasteiger partial charge in [0.2, 0.25) is 0 Å². The van der Waals surface area contributed by atoms with Gasteiger partial charge in [0.25, 0.3) is 0 Å². The maximum absolute atomic E-state index is 6.26. The van der Waals surface area contributed by atoms with Gasteiger partial charge in [0.05, 0.1) is 11.4 Å². The molecular formula is C24H24N6O. The summed E-state index contributed by atoms with van der Waals surface area (Å²) >= 11 is 0. The van der Waals surface area contributed by atoms with Gasteiger partial charge in [-0.3, -0.25) is 4.90 Å². The Morgan fingerprint density at radius 3 is 2.61 bits per heavy atom. The number of nitrogens with two attached hydrogens (primary N) is 1. The number of nitrogen functional groups attached to an aromatic ring is 1. The number of hydrogen-bond acceptors (Lipinski definition) is 6. The maximum Gasteiger partial charge on any atom is 0.164 e. The fraction of sp³-hybridized carbons (Fsp3) is 0.208. The number of hydrogen-bond donors (Lipinski definition) is 1. The SMILES string of the molecule is C=CCN1CCC(n2nc(-c3ccc(Oc4ccccc4)cc3)c3c(N)ncnc32)C1. The number of anilines is 1. The molecule has 3 heterocycles. The summed E-state index contributed by atoms with van der Waals surface area (Å²) < 4.78 is 7.93. The van der Waals surface area contributed by atoms with E-state index in [0.717, 1.165) is 59.8 Å². The molecular weight excluding hydrogens is 388 g/mol. The van der Waals surface area contributed by atoms with Crippen molar-refractivity contribution >= 4 is 16.9 Å². The molecule has 2 N–H and O–H groups in total. The van der Waals surface area contributed by atoms with Gasteiger partial charge in [-0.25, -0.2) is 14.6 Å². The van der Waals surface area contributed by atoms with Crippen LogP contribution in [-0.4, -0.2) is 44.3 Å². The summed E-state index contributed by atoms with van der Waals surface area (Å²) in [4.78, 5) is 11.1. The van der Waals surface area contributed by atoms with Gasteiger partial charge in [-0.1, -0.05) is 24.3 Å². The third kappa shape index (κ3) is 3.75. The third-order valence-electron chi connectivity index (χ3n) is 5.61. The lowest BCUT2D eigenvalue weighted by Gasteiger charge is -2.14. The molecule has 0 radical (unpaired) electrons. The molecule has 1 aliphatic rings. The number of benzene rings is 2. The topological polar surface area (TPSA) is 82.1 Å². The number of aromatic nitrogens is 4. The Morgan fingerprint density at radius 1 is 1.06 bits per heavy atom. The van der Waals surface area contributed by atoms with Crippen molar-refractivity contribution in [2.45, 2.75) is 12.5 Å². The Morgan fingerprint density at radius 2 is 1.84 bits per heavy atom. The molecule has 0 amide bonds. The molecule has 2 aromatic carbocycles. The largest absolute Gasteiger partial charge is 0.457 e. The van der Waals surface area contributed by atoms with Gasteiger partial charge in [-0.2, -0.15) is 5.10 Å². The first kappa shape index (κ1) is 19.3. The average Bonchev–Trinajstić information content (AvgIpc) is 3.41. The minimum Gasteiger partial charge on any atom is -0.457 e. The van der Waals surface area contributed by atoms with Crippen molar-refractivity contribution < 1.29 is 4.74 Å². The van der Waals surface area contributed by atoms with Gasteiger partial charge in [0.1, 0.15) is 29.3 Å². The van der Waals surface area contributed by atoms with Crippen LogP contribution in [0.3, 0.4) is 0 Å². The fourth-order valence-electron chi connectivity index (χ4n) is 4.12. The van der Waals surface area contributed by atoms with Crippen molar-refractivity contribution in [3.8, 4) is 22.8 Å². The first-order chi connectivity index (χ1) is 15.2. The molecule has 1 atom stereocenters. The molecule has 0 aliphatic carbocycles. The predicted molar refractivity (Wildman–Crippen MR) is 122 cm³/mol. The molecule has 5 rings (SSSR count). The fourth-order valence-corrected chi connectivity index (χ4v) is 4.12. The van der Waals surface area contributed by atoms with E-state index in [4.69, 9.17) is 15.6 Å². The summed E-state index contributed by atoms with van der Waals surface area (Å²) in [7, 11) is 0. The highest BCUT2D eigenvalue weighted by Gasteiger charge is 2.27. The Balaban J connectivity index is 1.49. The zero-order chi connectivity index (χ0) is 21.2. The van der Waals surface area contributed by atoms with E-state index < -0.39 is 0 Å². The number of para-hydroxylation sites is 1. The highest BCUT2D eigenvalue weighted by atomic mass is 16.5. The van der Waals surface area contributed by atoms with Gasteiger partial charge in [0.15, 0.2) is 5.65 Å². The Labute approximate surface area is 180 Å². The summed E-state index contributed by atoms with van der Waals surface area (Å²) in [5.74, 6) is 2.00. The van der Waals surface area contributed by atoms with Crippen LogP contribution < -0.4 is 10.5 Å². The second-order valence-corrected chi connectivity index (χ2v) is 7.68. The molecule has 2 aromatic heterocycles. The first-order valence-corrected chi connectivity index (χ1v) is 10.4. The van der Waals surface area contributed by atoms with E-state index in [0.29, 0.717) is 5.82 Å². The second kappa shape index (κ2) is 8.20. The average molecular weight is 412 g/mol. The van der Waals surface area contributed by atoms with E-state index in [2.05, 4.69) is 21.4 Å². The van der Waals surface area contributed by atoms with E-state index in [9.17, 15) is 0 Å². The molecule has 4 aromatic rings. The van der Waals surface area contributed by atoms with Crippen LogP contribution in [0.5, 0.6) is 11.5 Å². The van der Waals surface area contributed by atoms with Crippen molar-refractivity contribution in [3.05, 3.63) is 73.6 Å². The molecule has 7 heteroatoms. The Bertz CT molecular complexity index is 1200. The first-order valence-electron chi connectivity index (χ1n) is 10.4. The van der Waals surface area contributed by atoms with Crippen LogP contribution in [0.1, 0.15) is 12.5 Å². The zero-order valence-electron chi connectivity index (χ0n) is 17.2. The number of ether oxygens (including phenoxy) is 1. The van der Waals surface area contributed by atoms with E-state index >= 15 is 0 Å². The summed E-state index contributed by atoms with van der Waals surface area (Å²) in [6, 6.07) is 17.8. The Hall–Kier alpha value is -3.71. The van der Waals surface area contributed by atoms with Crippen LogP contribution in [0.25, 0.3) is 22.3 Å². The van der Waals surface area contributed by atoms with Gasteiger partial charge >= 0.3 is 0 Å². The molecule has 7 nitrogen and oxygen atoms in total. The maximum atomic E-state index is 6.26. The van der Waals surface area contributed by atoms with Crippen LogP contribution in [0.2, 0.25) is 0 Å². The van der Waals surface area contributed by atoms with E-state index in [1.165, 1.54) is 6.33 Å². The lowest BCUT2D eigenvalue weighted by Crippen LogP contribution is -2.22. The summed E-state index contributed by atoms with van der Waals surface area (Å²) in [5.41, 5.74) is 8.78. The number of fused-ring (bicyclic) bond motifs is 1. The quantitative estimate of drug-likeness (QED) is 0.476. The van der Waals surface area contributed by atoms with Gasteiger partial charge < -0.3 is 10.5 Å². The van der Waals surface area contributed by atoms with Crippen LogP contribution in [-0.2, 0) is 0 Å². The van der Waals surface area contributed by atoms with E-state index in [1.54, 1.807) is 0 Å².